The first kappa shape index (κ1) is 18.9. The number of non-ortho nitro benzene ring substituents is 1. The lowest BCUT2D eigenvalue weighted by molar-refractivity contribution is -0.384. The highest BCUT2D eigenvalue weighted by molar-refractivity contribution is 5.97. The van der Waals surface area contributed by atoms with Crippen molar-refractivity contribution >= 4 is 17.3 Å². The molecule has 1 fully saturated rings. The van der Waals surface area contributed by atoms with Crippen molar-refractivity contribution in [1.29, 1.82) is 0 Å². The topological polar surface area (TPSA) is 72.2 Å². The number of nitrogens with zero attached hydrogens (tertiary/aromatic N) is 1. The van der Waals surface area contributed by atoms with E-state index in [0.29, 0.717) is 5.69 Å². The molecule has 0 aliphatic heterocycles. The highest BCUT2D eigenvalue weighted by atomic mass is 16.6. The first-order valence-corrected chi connectivity index (χ1v) is 9.60. The minimum absolute atomic E-state index is 0.00305. The molecular weight excluding hydrogens is 364 g/mol. The number of carbonyl (C=O) groups excluding carboxylic acids is 1. The monoisotopic (exact) mass is 386 g/mol. The Labute approximate surface area is 169 Å². The predicted molar refractivity (Wildman–Crippen MR) is 113 cm³/mol. The third-order valence-electron chi connectivity index (χ3n) is 5.69. The fraction of sp³-hybridized carbons (Fsp3) is 0.208. The second-order valence-corrected chi connectivity index (χ2v) is 7.76. The summed E-state index contributed by atoms with van der Waals surface area (Å²) in [5.41, 5.74) is 4.84. The van der Waals surface area contributed by atoms with Gasteiger partial charge in [0.15, 0.2) is 0 Å². The van der Waals surface area contributed by atoms with Crippen LogP contribution in [-0.2, 0) is 10.2 Å². The molecule has 1 atom stereocenters. The summed E-state index contributed by atoms with van der Waals surface area (Å²) < 4.78 is 0. The van der Waals surface area contributed by atoms with E-state index in [-0.39, 0.29) is 22.9 Å². The average molecular weight is 386 g/mol. The van der Waals surface area contributed by atoms with E-state index in [1.54, 1.807) is 12.1 Å². The maximum absolute atomic E-state index is 13.1. The molecule has 3 aromatic carbocycles. The molecule has 1 aliphatic rings. The lowest BCUT2D eigenvalue weighted by Crippen LogP contribution is -2.22. The number of carbonyl (C=O) groups is 1. The van der Waals surface area contributed by atoms with Gasteiger partial charge in [-0.05, 0) is 43.5 Å². The van der Waals surface area contributed by atoms with Crippen LogP contribution in [0, 0.1) is 29.9 Å². The van der Waals surface area contributed by atoms with Crippen molar-refractivity contribution in [2.24, 2.45) is 5.92 Å². The molecule has 146 valence electrons. The Morgan fingerprint density at radius 2 is 1.52 bits per heavy atom. The summed E-state index contributed by atoms with van der Waals surface area (Å²) in [6.07, 6.45) is 0.735. The van der Waals surface area contributed by atoms with Crippen LogP contribution in [0.15, 0.2) is 72.8 Å². The van der Waals surface area contributed by atoms with E-state index in [1.807, 2.05) is 12.1 Å². The number of nitro benzene ring substituents is 1. The SMILES string of the molecule is Cc1cccc(C2(c3cccc(C)c3)CC2C(=O)Nc2ccc([N+](=O)[O-])cc2)c1. The van der Waals surface area contributed by atoms with Crippen molar-refractivity contribution in [2.45, 2.75) is 25.7 Å². The minimum atomic E-state index is -0.451. The molecule has 5 heteroatoms. The van der Waals surface area contributed by atoms with Crippen molar-refractivity contribution in [1.82, 2.24) is 0 Å². The number of amides is 1. The molecule has 0 heterocycles. The average Bonchev–Trinajstić information content (AvgIpc) is 3.46. The smallest absolute Gasteiger partial charge is 0.269 e. The molecule has 3 aromatic rings. The van der Waals surface area contributed by atoms with Gasteiger partial charge in [-0.15, -0.1) is 0 Å². The fourth-order valence-corrected chi connectivity index (χ4v) is 4.13. The first-order chi connectivity index (χ1) is 13.9. The number of benzene rings is 3. The largest absolute Gasteiger partial charge is 0.326 e. The third-order valence-corrected chi connectivity index (χ3v) is 5.69. The molecule has 0 spiro atoms. The summed E-state index contributed by atoms with van der Waals surface area (Å²) >= 11 is 0. The summed E-state index contributed by atoms with van der Waals surface area (Å²) in [4.78, 5) is 23.5. The van der Waals surface area contributed by atoms with E-state index in [4.69, 9.17) is 0 Å². The van der Waals surface area contributed by atoms with Crippen LogP contribution < -0.4 is 5.32 Å². The number of nitrogens with one attached hydrogen (secondary N) is 1. The van der Waals surface area contributed by atoms with Gasteiger partial charge in [0.2, 0.25) is 5.91 Å². The number of rotatable bonds is 5. The number of hydrogen-bond acceptors (Lipinski definition) is 3. The van der Waals surface area contributed by atoms with E-state index >= 15 is 0 Å². The van der Waals surface area contributed by atoms with Crippen molar-refractivity contribution in [2.75, 3.05) is 5.32 Å². The Kier molecular flexibility index (Phi) is 4.66. The molecule has 1 unspecified atom stereocenters. The highest BCUT2D eigenvalue weighted by Crippen LogP contribution is 2.59. The molecule has 0 aromatic heterocycles. The molecule has 0 bridgehead atoms. The quantitative estimate of drug-likeness (QED) is 0.486. The molecule has 0 saturated heterocycles. The van der Waals surface area contributed by atoms with E-state index in [9.17, 15) is 14.9 Å². The van der Waals surface area contributed by atoms with E-state index in [0.717, 1.165) is 28.7 Å². The van der Waals surface area contributed by atoms with Crippen LogP contribution in [0.25, 0.3) is 0 Å². The minimum Gasteiger partial charge on any atom is -0.326 e. The standard InChI is InChI=1S/C24H22N2O3/c1-16-5-3-7-18(13-16)24(19-8-4-6-17(2)14-19)15-22(24)23(27)25-20-9-11-21(12-10-20)26(28)29/h3-14,22H,15H2,1-2H3,(H,25,27). The normalized spacial score (nSPS) is 16.8. The number of hydrogen-bond donors (Lipinski definition) is 1. The maximum Gasteiger partial charge on any atom is 0.269 e. The van der Waals surface area contributed by atoms with Gasteiger partial charge in [-0.1, -0.05) is 59.7 Å². The zero-order chi connectivity index (χ0) is 20.6. The summed E-state index contributed by atoms with van der Waals surface area (Å²) in [5, 5.41) is 13.8. The van der Waals surface area contributed by atoms with E-state index < -0.39 is 4.92 Å². The van der Waals surface area contributed by atoms with Crippen molar-refractivity contribution in [3.05, 3.63) is 105 Å². The van der Waals surface area contributed by atoms with Crippen molar-refractivity contribution < 1.29 is 9.72 Å². The van der Waals surface area contributed by atoms with Crippen LogP contribution in [0.5, 0.6) is 0 Å². The molecule has 5 nitrogen and oxygen atoms in total. The van der Waals surface area contributed by atoms with Gasteiger partial charge in [-0.2, -0.15) is 0 Å². The molecule has 0 radical (unpaired) electrons. The molecule has 29 heavy (non-hydrogen) atoms. The van der Waals surface area contributed by atoms with Crippen LogP contribution >= 0.6 is 0 Å². The van der Waals surface area contributed by atoms with Gasteiger partial charge in [0, 0.05) is 23.2 Å². The molecule has 1 aliphatic carbocycles. The van der Waals surface area contributed by atoms with Gasteiger partial charge in [-0.25, -0.2) is 0 Å². The second kappa shape index (κ2) is 7.17. The fourth-order valence-electron chi connectivity index (χ4n) is 4.13. The van der Waals surface area contributed by atoms with E-state index in [1.165, 1.54) is 12.1 Å². The van der Waals surface area contributed by atoms with Crippen LogP contribution in [0.3, 0.4) is 0 Å². The lowest BCUT2D eigenvalue weighted by atomic mass is 9.84. The van der Waals surface area contributed by atoms with Gasteiger partial charge < -0.3 is 5.32 Å². The Morgan fingerprint density at radius 3 is 2.00 bits per heavy atom. The van der Waals surface area contributed by atoms with Crippen LogP contribution in [-0.4, -0.2) is 10.8 Å². The third kappa shape index (κ3) is 3.51. The van der Waals surface area contributed by atoms with Gasteiger partial charge in [0.1, 0.15) is 0 Å². The Bertz CT molecular complexity index is 1040. The zero-order valence-corrected chi connectivity index (χ0v) is 16.4. The van der Waals surface area contributed by atoms with Crippen LogP contribution in [0.2, 0.25) is 0 Å². The molecule has 4 rings (SSSR count). The van der Waals surface area contributed by atoms with Gasteiger partial charge >= 0.3 is 0 Å². The van der Waals surface area contributed by atoms with Crippen LogP contribution in [0.1, 0.15) is 28.7 Å². The van der Waals surface area contributed by atoms with Gasteiger partial charge in [-0.3, -0.25) is 14.9 Å². The van der Waals surface area contributed by atoms with Gasteiger partial charge in [0.25, 0.3) is 5.69 Å². The number of aryl methyl sites for hydroxylation is 2. The Hall–Kier alpha value is -3.47. The Morgan fingerprint density at radius 1 is 0.966 bits per heavy atom. The summed E-state index contributed by atoms with van der Waals surface area (Å²) in [6, 6.07) is 22.6. The second-order valence-electron chi connectivity index (χ2n) is 7.76. The summed E-state index contributed by atoms with van der Waals surface area (Å²) in [5.74, 6) is -0.261. The number of anilines is 1. The molecule has 1 N–H and O–H groups in total. The summed E-state index contributed by atoms with van der Waals surface area (Å²) in [7, 11) is 0. The first-order valence-electron chi connectivity index (χ1n) is 9.60. The highest BCUT2D eigenvalue weighted by Gasteiger charge is 2.60. The summed E-state index contributed by atoms with van der Waals surface area (Å²) in [6.45, 7) is 4.11. The molecule has 1 saturated carbocycles. The van der Waals surface area contributed by atoms with Crippen molar-refractivity contribution in [3.8, 4) is 0 Å². The molecular formula is C24H22N2O3. The predicted octanol–water partition coefficient (Wildman–Crippen LogP) is 5.16. The zero-order valence-electron chi connectivity index (χ0n) is 16.4. The van der Waals surface area contributed by atoms with Gasteiger partial charge in [0.05, 0.1) is 10.8 Å². The number of nitro groups is 1. The Balaban J connectivity index is 1.64. The van der Waals surface area contributed by atoms with E-state index in [2.05, 4.69) is 55.6 Å². The van der Waals surface area contributed by atoms with Crippen molar-refractivity contribution in [3.63, 3.8) is 0 Å². The lowest BCUT2D eigenvalue weighted by Gasteiger charge is -2.20. The maximum atomic E-state index is 13.1. The van der Waals surface area contributed by atoms with Crippen LogP contribution in [0.4, 0.5) is 11.4 Å². The molecule has 1 amide bonds.